The molecule has 0 unspecified atom stereocenters. The van der Waals surface area contributed by atoms with Gasteiger partial charge in [0.15, 0.2) is 6.61 Å². The van der Waals surface area contributed by atoms with Crippen LogP contribution in [0.5, 0.6) is 5.75 Å². The number of para-hydroxylation sites is 1. The van der Waals surface area contributed by atoms with E-state index in [1.165, 1.54) is 16.7 Å². The molecule has 196 valence electrons. The molecule has 3 heterocycles. The molecule has 0 bridgehead atoms. The molecule has 1 fully saturated rings. The average Bonchev–Trinajstić information content (AvgIpc) is 3.43. The molecule has 3 aromatic carbocycles. The van der Waals surface area contributed by atoms with E-state index in [-0.39, 0.29) is 29.2 Å². The second kappa shape index (κ2) is 10.2. The number of H-pyrrole nitrogens is 1. The molecular formula is C29H23N3O5S2. The zero-order valence-corrected chi connectivity index (χ0v) is 22.4. The van der Waals surface area contributed by atoms with E-state index in [9.17, 15) is 19.2 Å². The molecule has 0 saturated carbocycles. The fourth-order valence-electron chi connectivity index (χ4n) is 4.96. The van der Waals surface area contributed by atoms with Gasteiger partial charge in [-0.25, -0.2) is 4.90 Å². The highest BCUT2D eigenvalue weighted by atomic mass is 32.2. The first-order chi connectivity index (χ1) is 18.9. The normalized spacial score (nSPS) is 19.9. The molecule has 2 N–H and O–H groups in total. The zero-order valence-electron chi connectivity index (χ0n) is 20.7. The maximum absolute atomic E-state index is 13.7. The topological polar surface area (TPSA) is 109 Å². The maximum atomic E-state index is 13.7. The number of aromatic nitrogens is 1. The fraction of sp³-hybridized carbons (Fsp3) is 0.172. The summed E-state index contributed by atoms with van der Waals surface area (Å²) in [5.74, 6) is -1.50. The van der Waals surface area contributed by atoms with E-state index in [2.05, 4.69) is 10.3 Å². The van der Waals surface area contributed by atoms with Gasteiger partial charge in [-0.3, -0.25) is 19.2 Å². The molecular weight excluding hydrogens is 534 g/mol. The van der Waals surface area contributed by atoms with E-state index >= 15 is 0 Å². The van der Waals surface area contributed by atoms with Crippen molar-refractivity contribution in [3.8, 4) is 5.75 Å². The van der Waals surface area contributed by atoms with Crippen molar-refractivity contribution in [1.82, 2.24) is 4.98 Å². The Morgan fingerprint density at radius 3 is 2.38 bits per heavy atom. The average molecular weight is 558 g/mol. The number of nitrogens with zero attached hydrogens (tertiary/aromatic N) is 1. The number of benzene rings is 3. The van der Waals surface area contributed by atoms with Crippen LogP contribution in [0, 0.1) is 12.8 Å². The minimum Gasteiger partial charge on any atom is -0.484 e. The highest BCUT2D eigenvalue weighted by Gasteiger charge is 2.56. The van der Waals surface area contributed by atoms with Crippen LogP contribution in [0.1, 0.15) is 21.9 Å². The molecule has 1 saturated heterocycles. The molecule has 0 aliphatic carbocycles. The van der Waals surface area contributed by atoms with Crippen molar-refractivity contribution in [2.75, 3.05) is 16.8 Å². The number of imide groups is 1. The largest absolute Gasteiger partial charge is 0.484 e. The van der Waals surface area contributed by atoms with Crippen LogP contribution in [-0.4, -0.2) is 34.6 Å². The van der Waals surface area contributed by atoms with Crippen molar-refractivity contribution in [3.05, 3.63) is 105 Å². The van der Waals surface area contributed by atoms with E-state index in [1.54, 1.807) is 36.4 Å². The number of fused-ring (bicyclic) bond motifs is 2. The van der Waals surface area contributed by atoms with Gasteiger partial charge in [0, 0.05) is 16.5 Å². The van der Waals surface area contributed by atoms with Crippen molar-refractivity contribution < 1.29 is 19.1 Å². The number of aryl methyl sites for hydroxylation is 1. The van der Waals surface area contributed by atoms with E-state index in [0.29, 0.717) is 22.2 Å². The lowest BCUT2D eigenvalue weighted by Crippen LogP contribution is -2.32. The van der Waals surface area contributed by atoms with Crippen molar-refractivity contribution in [2.24, 2.45) is 5.92 Å². The van der Waals surface area contributed by atoms with E-state index in [0.717, 1.165) is 27.3 Å². The number of anilines is 2. The van der Waals surface area contributed by atoms with E-state index < -0.39 is 17.1 Å². The molecule has 0 spiro atoms. The lowest BCUT2D eigenvalue weighted by molar-refractivity contribution is -0.122. The zero-order chi connectivity index (χ0) is 27.1. The van der Waals surface area contributed by atoms with E-state index in [1.807, 2.05) is 49.4 Å². The van der Waals surface area contributed by atoms with Crippen LogP contribution in [0.3, 0.4) is 0 Å². The molecule has 0 radical (unpaired) electrons. The van der Waals surface area contributed by atoms with Gasteiger partial charge >= 0.3 is 4.87 Å². The van der Waals surface area contributed by atoms with Gasteiger partial charge in [0.2, 0.25) is 11.8 Å². The van der Waals surface area contributed by atoms with Gasteiger partial charge in [0.1, 0.15) is 11.0 Å². The molecule has 39 heavy (non-hydrogen) atoms. The second-order valence-corrected chi connectivity index (χ2v) is 11.5. The number of aromatic amines is 1. The van der Waals surface area contributed by atoms with Crippen LogP contribution in [0.2, 0.25) is 0 Å². The van der Waals surface area contributed by atoms with E-state index in [4.69, 9.17) is 4.74 Å². The Kier molecular flexibility index (Phi) is 6.58. The van der Waals surface area contributed by atoms with Gasteiger partial charge in [-0.2, -0.15) is 0 Å². The predicted octanol–water partition coefficient (Wildman–Crippen LogP) is 4.56. The molecule has 2 aliphatic rings. The van der Waals surface area contributed by atoms with Gasteiger partial charge in [-0.05, 0) is 48.9 Å². The highest BCUT2D eigenvalue weighted by Crippen LogP contribution is 2.53. The first kappa shape index (κ1) is 25.1. The van der Waals surface area contributed by atoms with Crippen molar-refractivity contribution >= 4 is 52.2 Å². The third-order valence-corrected chi connectivity index (χ3v) is 9.18. The van der Waals surface area contributed by atoms with Crippen LogP contribution in [0.25, 0.3) is 0 Å². The Morgan fingerprint density at radius 2 is 1.67 bits per heavy atom. The summed E-state index contributed by atoms with van der Waals surface area (Å²) in [4.78, 5) is 56.3. The number of rotatable bonds is 6. The summed E-state index contributed by atoms with van der Waals surface area (Å²) in [6.45, 7) is 1.81. The van der Waals surface area contributed by atoms with Crippen molar-refractivity contribution in [3.63, 3.8) is 0 Å². The summed E-state index contributed by atoms with van der Waals surface area (Å²) in [5.41, 5.74) is 3.11. The molecule has 3 atom stereocenters. The Bertz CT molecular complexity index is 1610. The molecule has 2 aliphatic heterocycles. The predicted molar refractivity (Wildman–Crippen MR) is 151 cm³/mol. The monoisotopic (exact) mass is 557 g/mol. The van der Waals surface area contributed by atoms with Crippen molar-refractivity contribution in [1.29, 1.82) is 0 Å². The minimum absolute atomic E-state index is 0.166. The van der Waals surface area contributed by atoms with Crippen molar-refractivity contribution in [2.45, 2.75) is 23.1 Å². The van der Waals surface area contributed by atoms with Crippen LogP contribution in [0.15, 0.2) is 88.7 Å². The highest BCUT2D eigenvalue weighted by molar-refractivity contribution is 8.00. The first-order valence-electron chi connectivity index (χ1n) is 12.3. The first-order valence-corrected chi connectivity index (χ1v) is 14.0. The number of thiazole rings is 1. The molecule has 4 aromatic rings. The molecule has 1 aromatic heterocycles. The number of nitrogens with one attached hydrogen (secondary N) is 2. The summed E-state index contributed by atoms with van der Waals surface area (Å²) >= 11 is 2.31. The quantitative estimate of drug-likeness (QED) is 0.337. The summed E-state index contributed by atoms with van der Waals surface area (Å²) in [5, 5.41) is 2.77. The van der Waals surface area contributed by atoms with Crippen LogP contribution >= 0.6 is 23.1 Å². The minimum atomic E-state index is -0.659. The number of amides is 3. The Morgan fingerprint density at radius 1 is 0.949 bits per heavy atom. The lowest BCUT2D eigenvalue weighted by atomic mass is 9.83. The second-order valence-electron chi connectivity index (χ2n) is 9.37. The summed E-state index contributed by atoms with van der Waals surface area (Å²) < 4.78 is 5.68. The van der Waals surface area contributed by atoms with Crippen LogP contribution < -0.4 is 19.8 Å². The summed E-state index contributed by atoms with van der Waals surface area (Å²) in [6.07, 6.45) is 0. The Labute approximate surface area is 232 Å². The number of thioether (sulfide) groups is 1. The maximum Gasteiger partial charge on any atom is 0.305 e. The third-order valence-electron chi connectivity index (χ3n) is 6.78. The SMILES string of the molecule is Cc1ccc(NC(=O)COc2ccc([C@@H]3c4sc(=O)[nH]c4S[C@H]4C(=O)N(c5ccccc5)C(=O)[C@@H]34)cc2)cc1. The molecule has 3 amide bonds. The van der Waals surface area contributed by atoms with Gasteiger partial charge in [-0.15, -0.1) is 0 Å². The summed E-state index contributed by atoms with van der Waals surface area (Å²) in [7, 11) is 0. The van der Waals surface area contributed by atoms with Gasteiger partial charge in [-0.1, -0.05) is 71.1 Å². The third kappa shape index (κ3) is 4.77. The van der Waals surface area contributed by atoms with Gasteiger partial charge in [0.25, 0.3) is 5.91 Å². The standard InChI is InChI=1S/C29H23N3O5S2/c1-16-7-11-18(12-8-16)30-21(33)15-37-20-13-9-17(10-14-20)22-23-25(38-26-24(22)39-29(36)31-26)28(35)32(27(23)34)19-5-3-2-4-6-19/h2-14,22-23,25H,15H2,1H3,(H,30,33)(H,31,36)/t22-,23-,25+/m0/s1. The fourth-order valence-corrected chi connectivity index (χ4v) is 7.48. The Hall–Kier alpha value is -4.15. The summed E-state index contributed by atoms with van der Waals surface area (Å²) in [6, 6.07) is 23.5. The number of ether oxygens (including phenoxy) is 1. The molecule has 10 heteroatoms. The number of carbonyl (C=O) groups is 3. The molecule has 8 nitrogen and oxygen atoms in total. The number of hydrogen-bond donors (Lipinski definition) is 2. The van der Waals surface area contributed by atoms with Gasteiger partial charge in [0.05, 0.1) is 16.6 Å². The Balaban J connectivity index is 1.24. The van der Waals surface area contributed by atoms with Crippen LogP contribution in [-0.2, 0) is 14.4 Å². The molecule has 6 rings (SSSR count). The lowest BCUT2D eigenvalue weighted by Gasteiger charge is -2.29. The smallest absolute Gasteiger partial charge is 0.305 e. The van der Waals surface area contributed by atoms with Gasteiger partial charge < -0.3 is 15.0 Å². The number of hydrogen-bond acceptors (Lipinski definition) is 7. The number of carbonyl (C=O) groups excluding carboxylic acids is 3. The van der Waals surface area contributed by atoms with Crippen LogP contribution in [0.4, 0.5) is 11.4 Å².